The fourth-order valence-electron chi connectivity index (χ4n) is 4.32. The summed E-state index contributed by atoms with van der Waals surface area (Å²) in [6, 6.07) is 0. The molecule has 0 spiro atoms. The van der Waals surface area contributed by atoms with Crippen LogP contribution < -0.4 is 0 Å². The molecule has 0 fully saturated rings. The Morgan fingerprint density at radius 1 is 0.647 bits per heavy atom. The van der Waals surface area contributed by atoms with Gasteiger partial charge in [0.2, 0.25) is 0 Å². The first-order valence-electron chi connectivity index (χ1n) is 14.6. The first kappa shape index (κ1) is 32.7. The number of carboxylic acid groups (broad SMARTS) is 1. The van der Waals surface area contributed by atoms with Crippen LogP contribution in [0.25, 0.3) is 0 Å². The molecule has 0 aromatic rings. The van der Waals surface area contributed by atoms with Crippen molar-refractivity contribution in [3.8, 4) is 0 Å². The molecule has 200 valence electrons. The SMILES string of the molecule is CCCCCCCCCCCCCCCCCC/C=C/CCCC(CC(=O)OCCC)C(=O)O. The number of ether oxygens (including phenoxy) is 1. The van der Waals surface area contributed by atoms with Gasteiger partial charge in [-0.2, -0.15) is 0 Å². The Hall–Kier alpha value is -1.32. The minimum Gasteiger partial charge on any atom is -0.481 e. The van der Waals surface area contributed by atoms with Crippen LogP contribution in [-0.4, -0.2) is 23.7 Å². The summed E-state index contributed by atoms with van der Waals surface area (Å²) in [7, 11) is 0. The Bertz CT molecular complexity index is 486. The lowest BCUT2D eigenvalue weighted by atomic mass is 9.98. The maximum absolute atomic E-state index is 11.6. The van der Waals surface area contributed by atoms with Crippen molar-refractivity contribution in [2.75, 3.05) is 6.61 Å². The fourth-order valence-corrected chi connectivity index (χ4v) is 4.32. The molecule has 0 aromatic heterocycles. The van der Waals surface area contributed by atoms with Gasteiger partial charge in [0, 0.05) is 0 Å². The maximum Gasteiger partial charge on any atom is 0.307 e. The van der Waals surface area contributed by atoms with Crippen LogP contribution in [-0.2, 0) is 14.3 Å². The molecule has 0 aliphatic heterocycles. The molecule has 0 saturated heterocycles. The van der Waals surface area contributed by atoms with Crippen LogP contribution in [0.15, 0.2) is 12.2 Å². The van der Waals surface area contributed by atoms with E-state index in [1.165, 1.54) is 103 Å². The van der Waals surface area contributed by atoms with Gasteiger partial charge < -0.3 is 9.84 Å². The lowest BCUT2D eigenvalue weighted by Gasteiger charge is -2.11. The van der Waals surface area contributed by atoms with Crippen molar-refractivity contribution in [1.82, 2.24) is 0 Å². The molecule has 1 N–H and O–H groups in total. The largest absolute Gasteiger partial charge is 0.481 e. The number of aliphatic carboxylic acids is 1. The van der Waals surface area contributed by atoms with Gasteiger partial charge in [0.1, 0.15) is 0 Å². The summed E-state index contributed by atoms with van der Waals surface area (Å²) in [5, 5.41) is 9.29. The fraction of sp³-hybridized carbons (Fsp3) is 0.867. The third kappa shape index (κ3) is 23.8. The van der Waals surface area contributed by atoms with E-state index in [1.807, 2.05) is 6.92 Å². The highest BCUT2D eigenvalue weighted by Gasteiger charge is 2.21. The molecule has 0 radical (unpaired) electrons. The van der Waals surface area contributed by atoms with Gasteiger partial charge in [0.25, 0.3) is 0 Å². The standard InChI is InChI=1S/C30H56O4/c1-3-5-6-7-8-9-10-11-12-13-14-15-16-17-18-19-20-21-22-23-24-25-28(30(32)33)27-29(31)34-26-4-2/h21-22,28H,3-20,23-27H2,1-2H3,(H,32,33)/b22-21+. The molecule has 0 aromatic carbocycles. The number of allylic oxidation sites excluding steroid dienone is 2. The summed E-state index contributed by atoms with van der Waals surface area (Å²) >= 11 is 0. The van der Waals surface area contributed by atoms with Crippen molar-refractivity contribution in [2.45, 2.75) is 155 Å². The summed E-state index contributed by atoms with van der Waals surface area (Å²) in [6.07, 6.45) is 30.8. The van der Waals surface area contributed by atoms with E-state index in [0.29, 0.717) is 13.0 Å². The molecule has 1 atom stereocenters. The van der Waals surface area contributed by atoms with E-state index in [4.69, 9.17) is 4.74 Å². The van der Waals surface area contributed by atoms with Gasteiger partial charge >= 0.3 is 11.9 Å². The smallest absolute Gasteiger partial charge is 0.307 e. The molecule has 0 aliphatic carbocycles. The zero-order valence-corrected chi connectivity index (χ0v) is 22.7. The lowest BCUT2D eigenvalue weighted by molar-refractivity contribution is -0.151. The van der Waals surface area contributed by atoms with Gasteiger partial charge in [0.15, 0.2) is 0 Å². The Balaban J connectivity index is 3.41. The summed E-state index contributed by atoms with van der Waals surface area (Å²) in [5.74, 6) is -1.92. The molecular weight excluding hydrogens is 424 g/mol. The quantitative estimate of drug-likeness (QED) is 0.0760. The number of hydrogen-bond acceptors (Lipinski definition) is 3. The van der Waals surface area contributed by atoms with Crippen molar-refractivity contribution in [3.05, 3.63) is 12.2 Å². The van der Waals surface area contributed by atoms with Crippen molar-refractivity contribution in [3.63, 3.8) is 0 Å². The van der Waals surface area contributed by atoms with E-state index in [2.05, 4.69) is 19.1 Å². The molecule has 1 unspecified atom stereocenters. The van der Waals surface area contributed by atoms with E-state index in [9.17, 15) is 14.7 Å². The van der Waals surface area contributed by atoms with E-state index < -0.39 is 17.9 Å². The summed E-state index contributed by atoms with van der Waals surface area (Å²) < 4.78 is 5.00. The second kappa shape index (κ2) is 26.3. The second-order valence-corrected chi connectivity index (χ2v) is 9.95. The molecule has 4 nitrogen and oxygen atoms in total. The van der Waals surface area contributed by atoms with Crippen LogP contribution in [0.2, 0.25) is 0 Å². The number of unbranched alkanes of at least 4 members (excludes halogenated alkanes) is 17. The van der Waals surface area contributed by atoms with E-state index in [-0.39, 0.29) is 6.42 Å². The van der Waals surface area contributed by atoms with E-state index in [1.54, 1.807) is 0 Å². The Morgan fingerprint density at radius 2 is 1.09 bits per heavy atom. The van der Waals surface area contributed by atoms with Crippen LogP contribution >= 0.6 is 0 Å². The number of esters is 1. The minimum atomic E-state index is -0.898. The predicted molar refractivity (Wildman–Crippen MR) is 144 cm³/mol. The highest BCUT2D eigenvalue weighted by atomic mass is 16.5. The highest BCUT2D eigenvalue weighted by Crippen LogP contribution is 2.16. The number of carbonyl (C=O) groups excluding carboxylic acids is 1. The maximum atomic E-state index is 11.6. The predicted octanol–water partition coefficient (Wildman–Crippen LogP) is 9.41. The molecule has 0 rings (SSSR count). The van der Waals surface area contributed by atoms with Gasteiger partial charge in [0.05, 0.1) is 18.9 Å². The first-order valence-corrected chi connectivity index (χ1v) is 14.6. The third-order valence-corrected chi connectivity index (χ3v) is 6.54. The van der Waals surface area contributed by atoms with E-state index >= 15 is 0 Å². The van der Waals surface area contributed by atoms with Crippen LogP contribution in [0.3, 0.4) is 0 Å². The van der Waals surface area contributed by atoms with Gasteiger partial charge in [-0.3, -0.25) is 9.59 Å². The van der Waals surface area contributed by atoms with Crippen LogP contribution in [0.5, 0.6) is 0 Å². The Kier molecular flexibility index (Phi) is 25.3. The molecule has 4 heteroatoms. The van der Waals surface area contributed by atoms with Crippen LogP contribution in [0.4, 0.5) is 0 Å². The monoisotopic (exact) mass is 480 g/mol. The van der Waals surface area contributed by atoms with Crippen LogP contribution in [0, 0.1) is 5.92 Å². The zero-order valence-electron chi connectivity index (χ0n) is 22.7. The molecule has 0 saturated carbocycles. The molecule has 0 bridgehead atoms. The third-order valence-electron chi connectivity index (χ3n) is 6.54. The molecule has 0 heterocycles. The summed E-state index contributed by atoms with van der Waals surface area (Å²) in [6.45, 7) is 4.57. The topological polar surface area (TPSA) is 63.6 Å². The Labute approximate surface area is 211 Å². The van der Waals surface area contributed by atoms with E-state index in [0.717, 1.165) is 25.7 Å². The highest BCUT2D eigenvalue weighted by molar-refractivity contribution is 5.78. The molecule has 0 amide bonds. The summed E-state index contributed by atoms with van der Waals surface area (Å²) in [5.41, 5.74) is 0. The van der Waals surface area contributed by atoms with Gasteiger partial charge in [-0.25, -0.2) is 0 Å². The van der Waals surface area contributed by atoms with Crippen LogP contribution in [0.1, 0.15) is 155 Å². The minimum absolute atomic E-state index is 0.0156. The Morgan fingerprint density at radius 3 is 1.53 bits per heavy atom. The van der Waals surface area contributed by atoms with Gasteiger partial charge in [-0.1, -0.05) is 122 Å². The average Bonchev–Trinajstić information content (AvgIpc) is 2.82. The second-order valence-electron chi connectivity index (χ2n) is 9.95. The van der Waals surface area contributed by atoms with Crippen molar-refractivity contribution in [1.29, 1.82) is 0 Å². The van der Waals surface area contributed by atoms with Crippen molar-refractivity contribution < 1.29 is 19.4 Å². The zero-order chi connectivity index (χ0) is 25.1. The molecule has 34 heavy (non-hydrogen) atoms. The summed E-state index contributed by atoms with van der Waals surface area (Å²) in [4.78, 5) is 23.0. The lowest BCUT2D eigenvalue weighted by Crippen LogP contribution is -2.19. The van der Waals surface area contributed by atoms with Crippen molar-refractivity contribution >= 4 is 11.9 Å². The van der Waals surface area contributed by atoms with Gasteiger partial charge in [-0.15, -0.1) is 0 Å². The number of hydrogen-bond donors (Lipinski definition) is 1. The number of rotatable bonds is 26. The molecular formula is C30H56O4. The number of carboxylic acids is 1. The van der Waals surface area contributed by atoms with Crippen molar-refractivity contribution in [2.24, 2.45) is 5.92 Å². The first-order chi connectivity index (χ1) is 16.6. The number of carbonyl (C=O) groups is 2. The normalized spacial score (nSPS) is 12.3. The van der Waals surface area contributed by atoms with Gasteiger partial charge in [-0.05, 0) is 38.5 Å². The average molecular weight is 481 g/mol. The molecule has 0 aliphatic rings.